The number of urea groups is 1. The number of rotatable bonds is 6. The SMILES string of the molecule is CCCCOCN(C(=O)C1(O)CCNC(C)(C)C1)[N+](C)(C)C(N)=O. The van der Waals surface area contributed by atoms with Crippen LogP contribution in [-0.2, 0) is 9.53 Å². The molecule has 0 bridgehead atoms. The Morgan fingerprint density at radius 3 is 2.50 bits per heavy atom. The number of quaternary nitrogens is 1. The molecule has 0 aromatic heterocycles. The molecule has 0 radical (unpaired) electrons. The fourth-order valence-corrected chi connectivity index (χ4v) is 2.86. The van der Waals surface area contributed by atoms with Crippen LogP contribution < -0.4 is 11.1 Å². The van der Waals surface area contributed by atoms with Crippen LogP contribution >= 0.6 is 0 Å². The van der Waals surface area contributed by atoms with Crippen molar-refractivity contribution >= 4 is 11.9 Å². The highest BCUT2D eigenvalue weighted by molar-refractivity contribution is 5.85. The van der Waals surface area contributed by atoms with E-state index in [-0.39, 0.29) is 25.1 Å². The van der Waals surface area contributed by atoms with Crippen molar-refractivity contribution in [2.75, 3.05) is 34.0 Å². The van der Waals surface area contributed by atoms with Crippen LogP contribution in [0.2, 0.25) is 0 Å². The normalized spacial score (nSPS) is 23.8. The minimum absolute atomic E-state index is 0.0923. The monoisotopic (exact) mass is 345 g/mol. The van der Waals surface area contributed by atoms with E-state index in [0.717, 1.165) is 12.8 Å². The van der Waals surface area contributed by atoms with Crippen molar-refractivity contribution in [3.8, 4) is 0 Å². The lowest BCUT2D eigenvalue weighted by molar-refractivity contribution is -0.921. The average molecular weight is 345 g/mol. The lowest BCUT2D eigenvalue weighted by Gasteiger charge is -2.45. The van der Waals surface area contributed by atoms with Gasteiger partial charge in [-0.15, -0.1) is 4.59 Å². The Morgan fingerprint density at radius 1 is 1.38 bits per heavy atom. The molecule has 1 rings (SSSR count). The predicted octanol–water partition coefficient (Wildman–Crippen LogP) is 0.552. The van der Waals surface area contributed by atoms with Crippen LogP contribution in [0, 0.1) is 0 Å². The highest BCUT2D eigenvalue weighted by Gasteiger charge is 2.51. The van der Waals surface area contributed by atoms with E-state index in [4.69, 9.17) is 10.5 Å². The van der Waals surface area contributed by atoms with Gasteiger partial charge < -0.3 is 20.9 Å². The smallest absolute Gasteiger partial charge is 0.380 e. The third-order valence-corrected chi connectivity index (χ3v) is 4.51. The van der Waals surface area contributed by atoms with Gasteiger partial charge in [0.15, 0.2) is 12.3 Å². The molecule has 0 saturated carbocycles. The number of nitrogens with zero attached hydrogens (tertiary/aromatic N) is 2. The molecule has 1 heterocycles. The zero-order valence-electron chi connectivity index (χ0n) is 15.6. The van der Waals surface area contributed by atoms with Crippen LogP contribution in [0.25, 0.3) is 0 Å². The zero-order chi connectivity index (χ0) is 18.6. The summed E-state index contributed by atoms with van der Waals surface area (Å²) in [5.41, 5.74) is 3.53. The van der Waals surface area contributed by atoms with E-state index in [9.17, 15) is 14.7 Å². The van der Waals surface area contributed by atoms with Crippen LogP contribution in [0.1, 0.15) is 46.5 Å². The Morgan fingerprint density at radius 2 is 2.00 bits per heavy atom. The molecule has 24 heavy (non-hydrogen) atoms. The number of hydrogen-bond acceptors (Lipinski definition) is 5. The molecule has 1 aliphatic rings. The fraction of sp³-hybridized carbons (Fsp3) is 0.875. The summed E-state index contributed by atoms with van der Waals surface area (Å²) >= 11 is 0. The van der Waals surface area contributed by atoms with Gasteiger partial charge in [-0.3, -0.25) is 4.79 Å². The molecule has 3 amide bonds. The molecule has 1 aliphatic heterocycles. The third-order valence-electron chi connectivity index (χ3n) is 4.51. The van der Waals surface area contributed by atoms with Crippen molar-refractivity contribution in [3.63, 3.8) is 0 Å². The van der Waals surface area contributed by atoms with E-state index in [2.05, 4.69) is 5.32 Å². The molecule has 140 valence electrons. The zero-order valence-corrected chi connectivity index (χ0v) is 15.6. The topological polar surface area (TPSA) is 105 Å². The first kappa shape index (κ1) is 20.8. The van der Waals surface area contributed by atoms with E-state index in [1.54, 1.807) is 0 Å². The van der Waals surface area contributed by atoms with Crippen molar-refractivity contribution in [1.82, 2.24) is 10.3 Å². The van der Waals surface area contributed by atoms with Gasteiger partial charge in [0, 0.05) is 18.6 Å². The Balaban J connectivity index is 3.00. The largest absolute Gasteiger partial charge is 0.438 e. The molecule has 1 saturated heterocycles. The van der Waals surface area contributed by atoms with E-state index in [1.165, 1.54) is 19.1 Å². The summed E-state index contributed by atoms with van der Waals surface area (Å²) in [5, 5.41) is 15.4. The van der Waals surface area contributed by atoms with Gasteiger partial charge in [0.1, 0.15) is 14.1 Å². The molecule has 0 aliphatic carbocycles. The van der Waals surface area contributed by atoms with Crippen LogP contribution in [-0.4, -0.2) is 71.8 Å². The van der Waals surface area contributed by atoms with Crippen LogP contribution in [0.15, 0.2) is 0 Å². The Bertz CT molecular complexity index is 467. The lowest BCUT2D eigenvalue weighted by Crippen LogP contribution is -2.69. The molecule has 1 unspecified atom stereocenters. The first-order valence-corrected chi connectivity index (χ1v) is 8.48. The maximum absolute atomic E-state index is 13.1. The van der Waals surface area contributed by atoms with Gasteiger partial charge in [-0.25, -0.2) is 4.79 Å². The third kappa shape index (κ3) is 4.89. The summed E-state index contributed by atoms with van der Waals surface area (Å²) in [4.78, 5) is 24.9. The highest BCUT2D eigenvalue weighted by atomic mass is 16.5. The predicted molar refractivity (Wildman–Crippen MR) is 90.5 cm³/mol. The number of nitrogens with one attached hydrogen (secondary N) is 1. The van der Waals surface area contributed by atoms with Gasteiger partial charge in [-0.05, 0) is 33.2 Å². The number of unbranched alkanes of at least 4 members (excludes halogenated alkanes) is 1. The summed E-state index contributed by atoms with van der Waals surface area (Å²) in [6.07, 6.45) is 2.35. The molecule has 0 spiro atoms. The van der Waals surface area contributed by atoms with Gasteiger partial charge in [0.25, 0.3) is 0 Å². The number of ether oxygens (including phenoxy) is 1. The van der Waals surface area contributed by atoms with E-state index in [1.807, 2.05) is 20.8 Å². The number of piperidine rings is 1. The minimum atomic E-state index is -1.55. The number of hydrogen-bond donors (Lipinski definition) is 3. The molecular weight excluding hydrogens is 312 g/mol. The second-order valence-corrected chi connectivity index (χ2v) is 7.60. The van der Waals surface area contributed by atoms with Crippen molar-refractivity contribution in [1.29, 1.82) is 0 Å². The Kier molecular flexibility index (Phi) is 6.75. The summed E-state index contributed by atoms with van der Waals surface area (Å²) in [5.74, 6) is -0.530. The summed E-state index contributed by atoms with van der Waals surface area (Å²) in [6.45, 7) is 6.80. The Hall–Kier alpha value is -1.22. The average Bonchev–Trinajstić information content (AvgIpc) is 2.45. The minimum Gasteiger partial charge on any atom is -0.380 e. The second kappa shape index (κ2) is 7.77. The first-order valence-electron chi connectivity index (χ1n) is 8.48. The summed E-state index contributed by atoms with van der Waals surface area (Å²) < 4.78 is 5.04. The maximum atomic E-state index is 13.1. The molecule has 0 aromatic carbocycles. The number of primary amides is 1. The van der Waals surface area contributed by atoms with Gasteiger partial charge in [-0.1, -0.05) is 13.3 Å². The molecular formula is C16H33N4O4+. The lowest BCUT2D eigenvalue weighted by atomic mass is 9.80. The molecule has 8 heteroatoms. The highest BCUT2D eigenvalue weighted by Crippen LogP contribution is 2.30. The van der Waals surface area contributed by atoms with Crippen molar-refractivity contribution in [3.05, 3.63) is 0 Å². The fourth-order valence-electron chi connectivity index (χ4n) is 2.86. The molecule has 8 nitrogen and oxygen atoms in total. The molecule has 1 fully saturated rings. The molecule has 0 aromatic rings. The first-order chi connectivity index (χ1) is 11.0. The number of aliphatic hydroxyl groups is 1. The standard InChI is InChI=1S/C16H32N4O4/c1-6-7-10-24-12-19(20(4,5)14(17)22)13(21)16(23)8-9-18-15(2,3)11-16/h18,23H,6-12H2,1-5H3,(H-,17,22)/p+1. The van der Waals surface area contributed by atoms with Crippen molar-refractivity contribution in [2.45, 2.75) is 57.6 Å². The van der Waals surface area contributed by atoms with E-state index < -0.39 is 22.1 Å². The van der Waals surface area contributed by atoms with E-state index in [0.29, 0.717) is 13.2 Å². The van der Waals surface area contributed by atoms with E-state index >= 15 is 0 Å². The van der Waals surface area contributed by atoms with Gasteiger partial charge in [0.2, 0.25) is 0 Å². The van der Waals surface area contributed by atoms with Gasteiger partial charge in [0.05, 0.1) is 0 Å². The number of amides is 3. The summed E-state index contributed by atoms with van der Waals surface area (Å²) in [6, 6.07) is -0.695. The van der Waals surface area contributed by atoms with Crippen LogP contribution in [0.5, 0.6) is 0 Å². The molecule has 4 N–H and O–H groups in total. The van der Waals surface area contributed by atoms with Gasteiger partial charge in [-0.2, -0.15) is 5.01 Å². The maximum Gasteiger partial charge on any atom is 0.438 e. The summed E-state index contributed by atoms with van der Waals surface area (Å²) in [7, 11) is 3.03. The van der Waals surface area contributed by atoms with Crippen molar-refractivity contribution in [2.24, 2.45) is 5.73 Å². The van der Waals surface area contributed by atoms with Crippen molar-refractivity contribution < 1.29 is 24.0 Å². The quantitative estimate of drug-likeness (QED) is 0.282. The van der Waals surface area contributed by atoms with Gasteiger partial charge >= 0.3 is 11.9 Å². The van der Waals surface area contributed by atoms with Crippen LogP contribution in [0.4, 0.5) is 4.79 Å². The molecule has 1 atom stereocenters. The second-order valence-electron chi connectivity index (χ2n) is 7.60. The number of nitrogens with two attached hydrogens (primary N) is 1. The van der Waals surface area contributed by atoms with Crippen LogP contribution in [0.3, 0.4) is 0 Å². The number of carbonyl (C=O) groups excluding carboxylic acids is 2. The number of carbonyl (C=O) groups is 2. The Labute approximate surface area is 144 Å².